The highest BCUT2D eigenvalue weighted by Gasteiger charge is 2.08. The molecule has 1 N–H and O–H groups in total. The highest BCUT2D eigenvalue weighted by Crippen LogP contribution is 2.27. The molecular weight excluding hydrogens is 334 g/mol. The van der Waals surface area contributed by atoms with E-state index in [1.54, 1.807) is 14.2 Å². The van der Waals surface area contributed by atoms with E-state index in [0.29, 0.717) is 30.9 Å². The maximum atomic E-state index is 11.8. The van der Waals surface area contributed by atoms with E-state index < -0.39 is 0 Å². The van der Waals surface area contributed by atoms with Gasteiger partial charge in [-0.25, -0.2) is 0 Å². The number of carbonyl (C=O) groups excluding carboxylic acids is 2. The molecule has 0 saturated heterocycles. The molecule has 0 aliphatic rings. The van der Waals surface area contributed by atoms with E-state index in [9.17, 15) is 9.59 Å². The quantitative estimate of drug-likeness (QED) is 0.429. The maximum Gasteiger partial charge on any atom is 0.306 e. The molecule has 0 aliphatic carbocycles. The Hall–Kier alpha value is -2.24. The number of hydrogen-bond donors (Lipinski definition) is 1. The standard InChI is InChI=1S/C20H31NO5/c1-4-5-6-7-8-19(22)21-13-14-26-20(23)12-10-16-9-11-17(24-2)18(15-16)25-3/h9,11,15H,4-8,10,12-14H2,1-3H3,(H,21,22). The van der Waals surface area contributed by atoms with Gasteiger partial charge in [-0.15, -0.1) is 0 Å². The number of methoxy groups -OCH3 is 2. The van der Waals surface area contributed by atoms with Gasteiger partial charge in [-0.2, -0.15) is 0 Å². The molecule has 0 aliphatic heterocycles. The minimum absolute atomic E-state index is 0.0162. The lowest BCUT2D eigenvalue weighted by Gasteiger charge is -2.10. The highest BCUT2D eigenvalue weighted by atomic mass is 16.5. The van der Waals surface area contributed by atoms with Crippen molar-refractivity contribution in [3.05, 3.63) is 23.8 Å². The molecule has 146 valence electrons. The van der Waals surface area contributed by atoms with Gasteiger partial charge in [0.15, 0.2) is 11.5 Å². The number of aryl methyl sites for hydroxylation is 1. The SMILES string of the molecule is CCCCCCC(=O)NCCOC(=O)CCc1ccc(OC)c(OC)c1. The van der Waals surface area contributed by atoms with Crippen molar-refractivity contribution in [2.45, 2.75) is 51.9 Å². The number of carbonyl (C=O) groups is 2. The highest BCUT2D eigenvalue weighted by molar-refractivity contribution is 5.75. The molecule has 0 saturated carbocycles. The summed E-state index contributed by atoms with van der Waals surface area (Å²) in [4.78, 5) is 23.4. The molecular formula is C20H31NO5. The van der Waals surface area contributed by atoms with E-state index in [-0.39, 0.29) is 24.9 Å². The third kappa shape index (κ3) is 8.74. The minimum atomic E-state index is -0.281. The fourth-order valence-corrected chi connectivity index (χ4v) is 2.51. The predicted octanol–water partition coefficient (Wildman–Crippen LogP) is 3.27. The lowest BCUT2D eigenvalue weighted by molar-refractivity contribution is -0.143. The smallest absolute Gasteiger partial charge is 0.306 e. The van der Waals surface area contributed by atoms with Crippen LogP contribution >= 0.6 is 0 Å². The van der Waals surface area contributed by atoms with E-state index in [2.05, 4.69) is 12.2 Å². The molecule has 26 heavy (non-hydrogen) atoms. The summed E-state index contributed by atoms with van der Waals surface area (Å²) in [6, 6.07) is 5.56. The average Bonchev–Trinajstić information content (AvgIpc) is 2.66. The van der Waals surface area contributed by atoms with Gasteiger partial charge in [0.05, 0.1) is 20.8 Å². The topological polar surface area (TPSA) is 73.9 Å². The summed E-state index contributed by atoms with van der Waals surface area (Å²) in [5.74, 6) is 1.03. The second-order valence-electron chi connectivity index (χ2n) is 6.07. The fraction of sp³-hybridized carbons (Fsp3) is 0.600. The van der Waals surface area contributed by atoms with E-state index in [1.165, 1.54) is 0 Å². The van der Waals surface area contributed by atoms with Crippen LogP contribution in [-0.2, 0) is 20.7 Å². The van der Waals surface area contributed by atoms with Gasteiger partial charge in [-0.05, 0) is 30.5 Å². The average molecular weight is 365 g/mol. The van der Waals surface area contributed by atoms with Crippen molar-refractivity contribution in [3.8, 4) is 11.5 Å². The first-order valence-electron chi connectivity index (χ1n) is 9.24. The van der Waals surface area contributed by atoms with Crippen molar-refractivity contribution in [2.75, 3.05) is 27.4 Å². The van der Waals surface area contributed by atoms with Gasteiger partial charge in [0.1, 0.15) is 6.61 Å². The van der Waals surface area contributed by atoms with Crippen LogP contribution in [0, 0.1) is 0 Å². The summed E-state index contributed by atoms with van der Waals surface area (Å²) < 4.78 is 15.6. The van der Waals surface area contributed by atoms with E-state index >= 15 is 0 Å². The summed E-state index contributed by atoms with van der Waals surface area (Å²) in [5, 5.41) is 2.77. The molecule has 1 aromatic rings. The van der Waals surface area contributed by atoms with Crippen molar-refractivity contribution in [1.82, 2.24) is 5.32 Å². The monoisotopic (exact) mass is 365 g/mol. The largest absolute Gasteiger partial charge is 0.493 e. The molecule has 0 unspecified atom stereocenters. The van der Waals surface area contributed by atoms with E-state index in [4.69, 9.17) is 14.2 Å². The van der Waals surface area contributed by atoms with Crippen LogP contribution in [0.5, 0.6) is 11.5 Å². The van der Waals surface area contributed by atoms with Crippen molar-refractivity contribution >= 4 is 11.9 Å². The van der Waals surface area contributed by atoms with Gasteiger partial charge in [0.25, 0.3) is 0 Å². The fourth-order valence-electron chi connectivity index (χ4n) is 2.51. The molecule has 1 aromatic carbocycles. The van der Waals surface area contributed by atoms with Crippen molar-refractivity contribution < 1.29 is 23.8 Å². The second-order valence-corrected chi connectivity index (χ2v) is 6.07. The Labute approximate surface area is 156 Å². The molecule has 1 amide bonds. The molecule has 0 radical (unpaired) electrons. The first kappa shape index (κ1) is 21.8. The number of amides is 1. The van der Waals surface area contributed by atoms with Crippen LogP contribution in [0.2, 0.25) is 0 Å². The summed E-state index contributed by atoms with van der Waals surface area (Å²) in [7, 11) is 3.16. The molecule has 0 atom stereocenters. The van der Waals surface area contributed by atoms with Gasteiger partial charge in [-0.3, -0.25) is 9.59 Å². The van der Waals surface area contributed by atoms with Gasteiger partial charge in [-0.1, -0.05) is 32.3 Å². The van der Waals surface area contributed by atoms with Crippen LogP contribution in [0.1, 0.15) is 51.0 Å². The normalized spacial score (nSPS) is 10.3. The Kier molecular flexibility index (Phi) is 10.9. The molecule has 0 heterocycles. The number of unbranched alkanes of at least 4 members (excludes halogenated alkanes) is 3. The van der Waals surface area contributed by atoms with Crippen molar-refractivity contribution in [1.29, 1.82) is 0 Å². The van der Waals surface area contributed by atoms with Crippen LogP contribution < -0.4 is 14.8 Å². The molecule has 6 nitrogen and oxygen atoms in total. The predicted molar refractivity (Wildman–Crippen MR) is 101 cm³/mol. The molecule has 0 aromatic heterocycles. The van der Waals surface area contributed by atoms with Crippen molar-refractivity contribution in [3.63, 3.8) is 0 Å². The van der Waals surface area contributed by atoms with Crippen LogP contribution in [0.15, 0.2) is 18.2 Å². The zero-order chi connectivity index (χ0) is 19.2. The lowest BCUT2D eigenvalue weighted by atomic mass is 10.1. The number of esters is 1. The van der Waals surface area contributed by atoms with Crippen LogP contribution in [0.3, 0.4) is 0 Å². The molecule has 1 rings (SSSR count). The number of rotatable bonds is 13. The van der Waals surface area contributed by atoms with Gasteiger partial charge in [0.2, 0.25) is 5.91 Å². The second kappa shape index (κ2) is 13.0. The lowest BCUT2D eigenvalue weighted by Crippen LogP contribution is -2.27. The Morgan fingerprint density at radius 3 is 2.46 bits per heavy atom. The zero-order valence-corrected chi connectivity index (χ0v) is 16.1. The number of hydrogen-bond acceptors (Lipinski definition) is 5. The van der Waals surface area contributed by atoms with E-state index in [1.807, 2.05) is 18.2 Å². The first-order chi connectivity index (χ1) is 12.6. The maximum absolute atomic E-state index is 11.8. The summed E-state index contributed by atoms with van der Waals surface area (Å²) in [6.07, 6.45) is 5.67. The third-order valence-electron chi connectivity index (χ3n) is 4.01. The minimum Gasteiger partial charge on any atom is -0.493 e. The Bertz CT molecular complexity index is 559. The number of benzene rings is 1. The molecule has 0 spiro atoms. The Morgan fingerprint density at radius 1 is 1.00 bits per heavy atom. The third-order valence-corrected chi connectivity index (χ3v) is 4.01. The van der Waals surface area contributed by atoms with Crippen LogP contribution in [-0.4, -0.2) is 39.2 Å². The van der Waals surface area contributed by atoms with Crippen molar-refractivity contribution in [2.24, 2.45) is 0 Å². The number of nitrogens with one attached hydrogen (secondary N) is 1. The van der Waals surface area contributed by atoms with Gasteiger partial charge >= 0.3 is 5.97 Å². The van der Waals surface area contributed by atoms with Crippen LogP contribution in [0.4, 0.5) is 0 Å². The Balaban J connectivity index is 2.18. The van der Waals surface area contributed by atoms with Gasteiger partial charge < -0.3 is 19.5 Å². The van der Waals surface area contributed by atoms with Crippen LogP contribution in [0.25, 0.3) is 0 Å². The summed E-state index contributed by atoms with van der Waals surface area (Å²) in [6.45, 7) is 2.69. The number of ether oxygens (including phenoxy) is 3. The Morgan fingerprint density at radius 2 is 1.77 bits per heavy atom. The molecule has 0 fully saturated rings. The summed E-state index contributed by atoms with van der Waals surface area (Å²) >= 11 is 0. The van der Waals surface area contributed by atoms with E-state index in [0.717, 1.165) is 31.2 Å². The zero-order valence-electron chi connectivity index (χ0n) is 16.1. The first-order valence-corrected chi connectivity index (χ1v) is 9.24. The molecule has 0 bridgehead atoms. The molecule has 6 heteroatoms. The van der Waals surface area contributed by atoms with Gasteiger partial charge in [0, 0.05) is 12.8 Å². The summed E-state index contributed by atoms with van der Waals surface area (Å²) in [5.41, 5.74) is 0.972.